The van der Waals surface area contributed by atoms with Gasteiger partial charge in [0.1, 0.15) is 11.6 Å². The van der Waals surface area contributed by atoms with Gasteiger partial charge < -0.3 is 4.74 Å². The van der Waals surface area contributed by atoms with Crippen LogP contribution in [0.2, 0.25) is 0 Å². The third-order valence-electron chi connectivity index (χ3n) is 0.985. The summed E-state index contributed by atoms with van der Waals surface area (Å²) in [6.07, 6.45) is -0.879. The number of nitrogens with one attached hydrogen (secondary N) is 1. The van der Waals surface area contributed by atoms with E-state index in [1.807, 2.05) is 5.32 Å². The van der Waals surface area contributed by atoms with Gasteiger partial charge in [0, 0.05) is 0 Å². The smallest absolute Gasteiger partial charge is 0.414 e. The van der Waals surface area contributed by atoms with Crippen molar-refractivity contribution >= 4 is 24.6 Å². The summed E-state index contributed by atoms with van der Waals surface area (Å²) in [4.78, 5) is 21.6. The van der Waals surface area contributed by atoms with Gasteiger partial charge in [-0.1, -0.05) is 0 Å². The van der Waals surface area contributed by atoms with E-state index in [-0.39, 0.29) is 12.2 Å². The Hall–Kier alpha value is -1.48. The summed E-state index contributed by atoms with van der Waals surface area (Å²) in [5.41, 5.74) is -0.253. The number of nitrogens with zero attached hydrogens (tertiary/aromatic N) is 1. The quantitative estimate of drug-likeness (QED) is 0.388. The maximum absolute atomic E-state index is 10.9. The zero-order valence-corrected chi connectivity index (χ0v) is 7.80. The molecule has 6 heteroatoms. The SMILES string of the molecule is CCOC(=O)NC(=O)/C(C#N)=C/S. The largest absolute Gasteiger partial charge is 0.450 e. The van der Waals surface area contributed by atoms with Crippen molar-refractivity contribution in [3.05, 3.63) is 11.0 Å². The minimum Gasteiger partial charge on any atom is -0.450 e. The Bertz CT molecular complexity index is 280. The summed E-state index contributed by atoms with van der Waals surface area (Å²) < 4.78 is 4.42. The minimum atomic E-state index is -0.879. The molecule has 0 spiro atoms. The Labute approximate surface area is 80.8 Å². The van der Waals surface area contributed by atoms with Crippen molar-refractivity contribution in [3.8, 4) is 6.07 Å². The van der Waals surface area contributed by atoms with Crippen LogP contribution in [0.15, 0.2) is 11.0 Å². The van der Waals surface area contributed by atoms with Gasteiger partial charge in [-0.15, -0.1) is 12.6 Å². The fourth-order valence-electron chi connectivity index (χ4n) is 0.465. The van der Waals surface area contributed by atoms with Crippen LogP contribution in [0.5, 0.6) is 0 Å². The zero-order valence-electron chi connectivity index (χ0n) is 6.90. The second-order valence-corrected chi connectivity index (χ2v) is 2.09. The normalized spacial score (nSPS) is 10.1. The molecule has 70 valence electrons. The fraction of sp³-hybridized carbons (Fsp3) is 0.286. The van der Waals surface area contributed by atoms with Crippen molar-refractivity contribution < 1.29 is 14.3 Å². The van der Waals surface area contributed by atoms with Crippen molar-refractivity contribution in [1.29, 1.82) is 5.26 Å². The van der Waals surface area contributed by atoms with Crippen LogP contribution >= 0.6 is 12.6 Å². The molecule has 0 bridgehead atoms. The lowest BCUT2D eigenvalue weighted by Gasteiger charge is -2.01. The van der Waals surface area contributed by atoms with Crippen LogP contribution in [0.4, 0.5) is 4.79 Å². The number of carbonyl (C=O) groups is 2. The number of thiol groups is 1. The topological polar surface area (TPSA) is 79.2 Å². The molecule has 0 aliphatic heterocycles. The molecule has 2 amide bonds. The van der Waals surface area contributed by atoms with Crippen LogP contribution in [-0.4, -0.2) is 18.6 Å². The second kappa shape index (κ2) is 6.08. The van der Waals surface area contributed by atoms with E-state index in [2.05, 4.69) is 17.4 Å². The van der Waals surface area contributed by atoms with Crippen molar-refractivity contribution in [2.24, 2.45) is 0 Å². The molecular formula is C7H8N2O3S. The molecule has 13 heavy (non-hydrogen) atoms. The van der Waals surface area contributed by atoms with Gasteiger partial charge in [0.25, 0.3) is 5.91 Å². The summed E-state index contributed by atoms with van der Waals surface area (Å²) >= 11 is 3.61. The van der Waals surface area contributed by atoms with E-state index in [9.17, 15) is 9.59 Å². The van der Waals surface area contributed by atoms with Gasteiger partial charge in [0.05, 0.1) is 6.61 Å². The number of ether oxygens (including phenoxy) is 1. The van der Waals surface area contributed by atoms with Crippen LogP contribution in [0.1, 0.15) is 6.92 Å². The van der Waals surface area contributed by atoms with Crippen molar-refractivity contribution in [1.82, 2.24) is 5.32 Å². The molecule has 5 nitrogen and oxygen atoms in total. The number of amides is 2. The zero-order chi connectivity index (χ0) is 10.3. The van der Waals surface area contributed by atoms with E-state index in [4.69, 9.17) is 5.26 Å². The highest BCUT2D eigenvalue weighted by Crippen LogP contribution is 1.94. The predicted molar refractivity (Wildman–Crippen MR) is 47.8 cm³/mol. The van der Waals surface area contributed by atoms with Crippen molar-refractivity contribution in [2.75, 3.05) is 6.61 Å². The van der Waals surface area contributed by atoms with Gasteiger partial charge in [0.15, 0.2) is 0 Å². The van der Waals surface area contributed by atoms with Gasteiger partial charge in [0.2, 0.25) is 0 Å². The molecule has 0 aromatic rings. The fourth-order valence-corrected chi connectivity index (χ4v) is 0.640. The molecule has 0 aliphatic carbocycles. The summed E-state index contributed by atoms with van der Waals surface area (Å²) in [7, 11) is 0. The number of hydrogen-bond acceptors (Lipinski definition) is 5. The first-order valence-corrected chi connectivity index (χ1v) is 3.90. The minimum absolute atomic E-state index is 0.158. The van der Waals surface area contributed by atoms with Gasteiger partial charge in [-0.25, -0.2) is 4.79 Å². The molecular weight excluding hydrogens is 192 g/mol. The molecule has 0 aromatic heterocycles. The van der Waals surface area contributed by atoms with Gasteiger partial charge in [-0.2, -0.15) is 5.26 Å². The Kier molecular flexibility index (Phi) is 5.39. The summed E-state index contributed by atoms with van der Waals surface area (Å²) in [6, 6.07) is 1.56. The Morgan fingerprint density at radius 1 is 1.69 bits per heavy atom. The molecule has 0 saturated carbocycles. The van der Waals surface area contributed by atoms with Gasteiger partial charge in [-0.05, 0) is 12.3 Å². The molecule has 0 atom stereocenters. The van der Waals surface area contributed by atoms with Crippen LogP contribution < -0.4 is 5.32 Å². The number of imide groups is 1. The molecule has 1 N–H and O–H groups in total. The van der Waals surface area contributed by atoms with E-state index in [0.29, 0.717) is 0 Å². The summed E-state index contributed by atoms with van der Waals surface area (Å²) in [6.45, 7) is 1.76. The molecule has 0 aliphatic rings. The van der Waals surface area contributed by atoms with Gasteiger partial charge in [-0.3, -0.25) is 10.1 Å². The first-order chi connectivity index (χ1) is 6.15. The van der Waals surface area contributed by atoms with Gasteiger partial charge >= 0.3 is 6.09 Å². The third-order valence-corrected chi connectivity index (χ3v) is 1.24. The number of alkyl carbamates (subject to hydrolysis) is 1. The van der Waals surface area contributed by atoms with E-state index in [1.165, 1.54) is 0 Å². The molecule has 0 fully saturated rings. The highest BCUT2D eigenvalue weighted by molar-refractivity contribution is 7.83. The number of carbonyl (C=O) groups excluding carboxylic acids is 2. The molecule has 0 heterocycles. The van der Waals surface area contributed by atoms with Crippen molar-refractivity contribution in [3.63, 3.8) is 0 Å². The number of hydrogen-bond donors (Lipinski definition) is 2. The standard InChI is InChI=1S/C7H8N2O3S/c1-2-12-7(11)9-6(10)5(3-8)4-13/h4,13H,2H2,1H3,(H,9,10,11)/b5-4+. The highest BCUT2D eigenvalue weighted by Gasteiger charge is 2.11. The van der Waals surface area contributed by atoms with E-state index in [0.717, 1.165) is 5.41 Å². The van der Waals surface area contributed by atoms with Crippen molar-refractivity contribution in [2.45, 2.75) is 6.92 Å². The monoisotopic (exact) mass is 200 g/mol. The number of rotatable bonds is 2. The van der Waals surface area contributed by atoms with E-state index < -0.39 is 12.0 Å². The van der Waals surface area contributed by atoms with Crippen LogP contribution in [0, 0.1) is 11.3 Å². The Balaban J connectivity index is 4.17. The van der Waals surface area contributed by atoms with Crippen LogP contribution in [0.25, 0.3) is 0 Å². The lowest BCUT2D eigenvalue weighted by molar-refractivity contribution is -0.116. The van der Waals surface area contributed by atoms with Crippen LogP contribution in [0.3, 0.4) is 0 Å². The molecule has 0 saturated heterocycles. The molecule has 0 aromatic carbocycles. The third kappa shape index (κ3) is 4.18. The first-order valence-electron chi connectivity index (χ1n) is 3.38. The Morgan fingerprint density at radius 2 is 2.31 bits per heavy atom. The predicted octanol–water partition coefficient (Wildman–Crippen LogP) is 0.596. The first kappa shape index (κ1) is 11.5. The maximum atomic E-state index is 10.9. The molecule has 0 rings (SSSR count). The van der Waals surface area contributed by atoms with Crippen LogP contribution in [-0.2, 0) is 9.53 Å². The summed E-state index contributed by atoms with van der Waals surface area (Å²) in [5.74, 6) is -0.823. The lowest BCUT2D eigenvalue weighted by atomic mass is 10.3. The van der Waals surface area contributed by atoms with E-state index >= 15 is 0 Å². The Morgan fingerprint density at radius 3 is 2.69 bits per heavy atom. The number of nitriles is 1. The summed E-state index contributed by atoms with van der Waals surface area (Å²) in [5, 5.41) is 11.2. The average molecular weight is 200 g/mol. The maximum Gasteiger partial charge on any atom is 0.414 e. The lowest BCUT2D eigenvalue weighted by Crippen LogP contribution is -2.31. The average Bonchev–Trinajstić information content (AvgIpc) is 2.06. The second-order valence-electron chi connectivity index (χ2n) is 1.83. The molecule has 0 unspecified atom stereocenters. The molecule has 0 radical (unpaired) electrons. The highest BCUT2D eigenvalue weighted by atomic mass is 32.1. The van der Waals surface area contributed by atoms with E-state index in [1.54, 1.807) is 13.0 Å².